The van der Waals surface area contributed by atoms with E-state index < -0.39 is 83.3 Å². The van der Waals surface area contributed by atoms with E-state index in [4.69, 9.17) is 4.74 Å². The van der Waals surface area contributed by atoms with Gasteiger partial charge in [-0.2, -0.15) is 27.0 Å². The molecule has 0 fully saturated rings. The largest absolute Gasteiger partial charge is 1.00 e. The van der Waals surface area contributed by atoms with Gasteiger partial charge in [0.15, 0.2) is 11.6 Å². The molecule has 97 heavy (non-hydrogen) atoms. The number of carboxylic acids is 1. The van der Waals surface area contributed by atoms with Gasteiger partial charge in [0, 0.05) is 71.5 Å². The van der Waals surface area contributed by atoms with Crippen molar-refractivity contribution in [3.8, 4) is 22.3 Å². The van der Waals surface area contributed by atoms with Gasteiger partial charge in [0.25, 0.3) is 11.1 Å². The van der Waals surface area contributed by atoms with Crippen LogP contribution in [0.15, 0.2) is 70.5 Å². The van der Waals surface area contributed by atoms with Gasteiger partial charge in [0.2, 0.25) is 0 Å². The molecule has 2 heterocycles. The summed E-state index contributed by atoms with van der Waals surface area (Å²) in [5.74, 6) is -8.33. The zero-order chi connectivity index (χ0) is 68.9. The van der Waals surface area contributed by atoms with Crippen molar-refractivity contribution in [2.24, 2.45) is 11.8 Å². The Hall–Kier alpha value is -6.08. The quantitative estimate of drug-likeness (QED) is 0.0264. The number of ketones is 2. The van der Waals surface area contributed by atoms with E-state index in [1.807, 2.05) is 136 Å². The summed E-state index contributed by atoms with van der Waals surface area (Å²) in [4.78, 5) is 84.1. The third kappa shape index (κ3) is 24.4. The van der Waals surface area contributed by atoms with Gasteiger partial charge in [-0.15, -0.1) is 0 Å². The monoisotopic (exact) mass is 1380 g/mol. The topological polar surface area (TPSA) is 208 Å². The minimum Gasteiger partial charge on any atom is -0.870 e. The molecule has 21 heteroatoms. The summed E-state index contributed by atoms with van der Waals surface area (Å²) in [5.41, 5.74) is 9.68. The van der Waals surface area contributed by atoms with E-state index in [0.29, 0.717) is 24.0 Å². The van der Waals surface area contributed by atoms with Crippen molar-refractivity contribution >= 4 is 50.5 Å². The Morgan fingerprint density at radius 1 is 0.495 bits per heavy atom. The van der Waals surface area contributed by atoms with Crippen LogP contribution in [-0.4, -0.2) is 106 Å². The van der Waals surface area contributed by atoms with Crippen LogP contribution in [-0.2, 0) is 36.8 Å². The normalized spacial score (nSPS) is 12.3. The maximum Gasteiger partial charge on any atom is 1.00 e. The van der Waals surface area contributed by atoms with Crippen LogP contribution in [0, 0.1) is 104 Å². The number of aryl methyl sites for hydroxylation is 12. The number of ether oxygens (including phenoxy) is 1. The number of hydrogen-bond acceptors (Lipinski definition) is 11. The molecule has 0 spiro atoms. The molecule has 0 aliphatic heterocycles. The molecule has 0 saturated heterocycles. The molecule has 4 aromatic carbocycles. The van der Waals surface area contributed by atoms with Crippen molar-refractivity contribution in [1.29, 1.82) is 0 Å². The van der Waals surface area contributed by atoms with Crippen LogP contribution in [0.4, 0.5) is 17.6 Å². The van der Waals surface area contributed by atoms with Crippen LogP contribution in [0.3, 0.4) is 0 Å². The van der Waals surface area contributed by atoms with Gasteiger partial charge in [-0.1, -0.05) is 63.1 Å². The first-order chi connectivity index (χ1) is 43.1. The zero-order valence-electron chi connectivity index (χ0n) is 60.9. The van der Waals surface area contributed by atoms with E-state index in [0.717, 1.165) is 94.4 Å². The second-order valence-electron chi connectivity index (χ2n) is 27.0. The SMILES string of the molecule is CCOC(=O)C[C@H](CC(=O)C(CC(C)C)n1cc(CCCN(C)C)c(C)cc1=O)c1c(F)c(C)cc(-c2c(C)cc(C)cc2C)c1F.Cc1cc(C)c(-c2cc(C)c(F)c([C@H](CC(=O)O)CC(=O)C(CC(C)C)n3cc(CCCN(C)C)c(C)cc3=O)c2F)c(C)c1.S.S.[Li+].[OH-].[OH-]. The molecule has 0 amide bonds. The van der Waals surface area contributed by atoms with Gasteiger partial charge in [-0.05, 0) is 247 Å². The minimum atomic E-state index is -1.27. The van der Waals surface area contributed by atoms with E-state index in [9.17, 15) is 33.9 Å². The molecule has 0 radical (unpaired) electrons. The standard InChI is InChI=1S/C39H52F2N2O4.C37H48F2N2O4.Li.2H2O.2H2S/c1-11-47-35(46)21-30(37-38(40)28(8)18-31(39(37)41)36-26(6)16-24(4)17-27(36)7)20-33(44)32(15-23(2)3)43-22-29(13-12-14-42(9)10)25(5)19-34(43)45;1-21(2)13-30(41-20-27(11-10-12-40(8)9)23(4)17-32(41)43)31(42)18-28(19-33(44)45)35-36(38)26(7)16-29(37(35)39)34-24(5)14-22(3)15-25(34)6;;;;;/h16-19,22-23,30,32H,11-15,20-21H2,1-10H3;14-17,20-21,28,30H,10-13,18-19H2,1-9H3,(H,44,45);;4*1H2/q;;+1;;;;/p-2/t30-,32?;28-,30?;;;;;/m00...../s1. The number of nitrogens with zero attached hydrogens (tertiary/aromatic N) is 4. The number of hydrogen-bond donors (Lipinski definition) is 1. The number of carboxylic acid groups (broad SMARTS) is 1. The Labute approximate surface area is 599 Å². The predicted molar refractivity (Wildman–Crippen MR) is 386 cm³/mol. The maximum atomic E-state index is 16.7. The molecule has 4 atom stereocenters. The summed E-state index contributed by atoms with van der Waals surface area (Å²) >= 11 is 0. The predicted octanol–water partition coefficient (Wildman–Crippen LogP) is 12.6. The number of rotatable bonds is 29. The summed E-state index contributed by atoms with van der Waals surface area (Å²) in [7, 11) is 7.99. The average molecular weight is 1380 g/mol. The summed E-state index contributed by atoms with van der Waals surface area (Å²) in [5, 5.41) is 9.83. The fourth-order valence-electron chi connectivity index (χ4n) is 13.1. The molecule has 532 valence electrons. The Morgan fingerprint density at radius 3 is 1.12 bits per heavy atom. The zero-order valence-corrected chi connectivity index (χ0v) is 62.9. The summed E-state index contributed by atoms with van der Waals surface area (Å²) in [6.07, 6.45) is 5.60. The molecule has 2 unspecified atom stereocenters. The van der Waals surface area contributed by atoms with Gasteiger partial charge in [0.1, 0.15) is 23.3 Å². The van der Waals surface area contributed by atoms with Crippen LogP contribution < -0.4 is 30.0 Å². The van der Waals surface area contributed by atoms with E-state index in [-0.39, 0.29) is 133 Å². The number of carbonyl (C=O) groups is 4. The van der Waals surface area contributed by atoms with Crippen LogP contribution in [0.2, 0.25) is 0 Å². The van der Waals surface area contributed by atoms with Gasteiger partial charge < -0.3 is 39.7 Å². The van der Waals surface area contributed by atoms with Crippen molar-refractivity contribution in [2.75, 3.05) is 47.9 Å². The number of carbonyl (C=O) groups excluding carboxylic acids is 3. The first kappa shape index (κ1) is 90.9. The Morgan fingerprint density at radius 2 is 0.825 bits per heavy atom. The van der Waals surface area contributed by atoms with Crippen molar-refractivity contribution < 1.29 is 76.4 Å². The van der Waals surface area contributed by atoms with Gasteiger partial charge in [0.05, 0.1) is 31.5 Å². The molecule has 0 aliphatic rings. The second-order valence-corrected chi connectivity index (χ2v) is 27.0. The molecule has 6 aromatic rings. The maximum absolute atomic E-state index is 16.7. The smallest absolute Gasteiger partial charge is 0.870 e. The van der Waals surface area contributed by atoms with Crippen molar-refractivity contribution in [1.82, 2.24) is 18.9 Å². The first-order valence-electron chi connectivity index (χ1n) is 32.4. The fraction of sp³-hybridized carbons (Fsp3) is 0.500. The molecule has 0 saturated carbocycles. The first-order valence-corrected chi connectivity index (χ1v) is 32.4. The van der Waals surface area contributed by atoms with Crippen molar-refractivity contribution in [2.45, 2.75) is 192 Å². The third-order valence-electron chi connectivity index (χ3n) is 17.3. The van der Waals surface area contributed by atoms with E-state index in [1.165, 1.54) is 34.3 Å². The van der Waals surface area contributed by atoms with E-state index in [1.54, 1.807) is 32.3 Å². The molecule has 6 rings (SSSR count). The number of esters is 1. The summed E-state index contributed by atoms with van der Waals surface area (Å²) in [6.45, 7) is 29.5. The Kier molecular flexibility index (Phi) is 38.3. The third-order valence-corrected chi connectivity index (χ3v) is 17.3. The van der Waals surface area contributed by atoms with Crippen LogP contribution in [0.5, 0.6) is 0 Å². The number of pyridine rings is 2. The van der Waals surface area contributed by atoms with Gasteiger partial charge in [-0.25, -0.2) is 17.6 Å². The molecule has 2 aromatic heterocycles. The number of Topliss-reactive ketones (excluding diaryl/α,β-unsaturated/α-hetero) is 2. The number of benzene rings is 4. The molecular formula is C76H106F4LiN4O10S2-. The van der Waals surface area contributed by atoms with Crippen molar-refractivity contribution in [3.05, 3.63) is 183 Å². The second kappa shape index (κ2) is 40.9. The van der Waals surface area contributed by atoms with E-state index >= 15 is 17.6 Å². The number of halogens is 4. The Balaban J connectivity index is 0.00000181. The van der Waals surface area contributed by atoms with Crippen LogP contribution in [0.1, 0.15) is 188 Å². The molecular weight excluding hydrogens is 1280 g/mol. The number of aromatic nitrogens is 2. The van der Waals surface area contributed by atoms with Crippen molar-refractivity contribution in [3.63, 3.8) is 0 Å². The van der Waals surface area contributed by atoms with Crippen LogP contribution >= 0.6 is 27.0 Å². The Bertz CT molecular complexity index is 3750. The van der Waals surface area contributed by atoms with Gasteiger partial charge in [-0.3, -0.25) is 28.8 Å². The van der Waals surface area contributed by atoms with E-state index in [2.05, 4.69) is 9.80 Å². The number of aliphatic carboxylic acids is 1. The molecule has 14 nitrogen and oxygen atoms in total. The van der Waals surface area contributed by atoms with Gasteiger partial charge >= 0.3 is 30.8 Å². The summed E-state index contributed by atoms with van der Waals surface area (Å²) < 4.78 is 73.2. The average Bonchev–Trinajstić information content (AvgIpc) is 0.776. The summed E-state index contributed by atoms with van der Waals surface area (Å²) in [6, 6.07) is 12.0. The van der Waals surface area contributed by atoms with Crippen LogP contribution in [0.25, 0.3) is 22.3 Å². The molecule has 0 bridgehead atoms. The molecule has 0 aliphatic carbocycles. The fourth-order valence-corrected chi connectivity index (χ4v) is 13.1. The molecule has 3 N–H and O–H groups in total. The minimum absolute atomic E-state index is 0.